The summed E-state index contributed by atoms with van der Waals surface area (Å²) in [5.41, 5.74) is 3.40. The van der Waals surface area contributed by atoms with E-state index in [2.05, 4.69) is 29.0 Å². The molecule has 2 aromatic rings. The number of fused-ring (bicyclic) bond motifs is 1. The molecule has 0 amide bonds. The van der Waals surface area contributed by atoms with Crippen molar-refractivity contribution in [1.82, 2.24) is 9.97 Å². The molecule has 0 atom stereocenters. The van der Waals surface area contributed by atoms with Crippen LogP contribution in [0.25, 0.3) is 11.0 Å². The van der Waals surface area contributed by atoms with Crippen molar-refractivity contribution in [2.75, 3.05) is 13.2 Å². The van der Waals surface area contributed by atoms with Gasteiger partial charge in [-0.3, -0.25) is 0 Å². The summed E-state index contributed by atoms with van der Waals surface area (Å²) in [5, 5.41) is 0. The number of hydrogen-bond donors (Lipinski definition) is 1. The van der Waals surface area contributed by atoms with Crippen molar-refractivity contribution in [3.8, 4) is 0 Å². The number of rotatable bonds is 4. The van der Waals surface area contributed by atoms with E-state index in [0.717, 1.165) is 36.5 Å². The summed E-state index contributed by atoms with van der Waals surface area (Å²) in [7, 11) is 0. The first kappa shape index (κ1) is 10.2. The lowest BCUT2D eigenvalue weighted by Crippen LogP contribution is -1.99. The van der Waals surface area contributed by atoms with E-state index >= 15 is 0 Å². The van der Waals surface area contributed by atoms with Crippen LogP contribution in [0.15, 0.2) is 18.2 Å². The van der Waals surface area contributed by atoms with Gasteiger partial charge >= 0.3 is 0 Å². The highest BCUT2D eigenvalue weighted by Gasteiger charge is 2.03. The van der Waals surface area contributed by atoms with Crippen LogP contribution in [0, 0.1) is 6.92 Å². The molecule has 80 valence electrons. The molecule has 0 radical (unpaired) electrons. The summed E-state index contributed by atoms with van der Waals surface area (Å²) >= 11 is 0. The fourth-order valence-electron chi connectivity index (χ4n) is 1.66. The Morgan fingerprint density at radius 1 is 1.40 bits per heavy atom. The van der Waals surface area contributed by atoms with Gasteiger partial charge in [-0.05, 0) is 25.5 Å². The lowest BCUT2D eigenvalue weighted by atomic mass is 10.2. The molecular formula is C12H16N2O. The molecule has 15 heavy (non-hydrogen) atoms. The molecule has 1 heterocycles. The number of nitrogens with zero attached hydrogens (tertiary/aromatic N) is 1. The van der Waals surface area contributed by atoms with Gasteiger partial charge in [0.25, 0.3) is 0 Å². The first-order valence-electron chi connectivity index (χ1n) is 5.33. The van der Waals surface area contributed by atoms with Crippen LogP contribution < -0.4 is 0 Å². The van der Waals surface area contributed by atoms with Gasteiger partial charge in [-0.2, -0.15) is 0 Å². The summed E-state index contributed by atoms with van der Waals surface area (Å²) in [6, 6.07) is 6.18. The number of benzene rings is 1. The Kier molecular flexibility index (Phi) is 3.02. The molecule has 0 spiro atoms. The molecule has 0 unspecified atom stereocenters. The normalized spacial score (nSPS) is 11.1. The number of H-pyrrole nitrogens is 1. The fourth-order valence-corrected chi connectivity index (χ4v) is 1.66. The number of para-hydroxylation sites is 1. The summed E-state index contributed by atoms with van der Waals surface area (Å²) in [5.74, 6) is 1.01. The maximum absolute atomic E-state index is 5.30. The Morgan fingerprint density at radius 3 is 3.00 bits per heavy atom. The van der Waals surface area contributed by atoms with Crippen molar-refractivity contribution >= 4 is 11.0 Å². The molecule has 1 aromatic carbocycles. The zero-order chi connectivity index (χ0) is 10.7. The molecule has 0 fully saturated rings. The number of ether oxygens (including phenoxy) is 1. The molecule has 0 aliphatic rings. The number of aryl methyl sites for hydroxylation is 1. The Hall–Kier alpha value is -1.35. The Morgan fingerprint density at radius 2 is 2.27 bits per heavy atom. The second-order valence-corrected chi connectivity index (χ2v) is 3.60. The second-order valence-electron chi connectivity index (χ2n) is 3.60. The minimum Gasteiger partial charge on any atom is -0.381 e. The van der Waals surface area contributed by atoms with Crippen LogP contribution in [0.5, 0.6) is 0 Å². The van der Waals surface area contributed by atoms with Crippen molar-refractivity contribution in [2.24, 2.45) is 0 Å². The van der Waals surface area contributed by atoms with Crippen LogP contribution in [0.1, 0.15) is 18.3 Å². The molecule has 2 rings (SSSR count). The van der Waals surface area contributed by atoms with E-state index in [0.29, 0.717) is 0 Å². The number of imidazole rings is 1. The van der Waals surface area contributed by atoms with Gasteiger partial charge in [-0.15, -0.1) is 0 Å². The molecule has 0 aliphatic carbocycles. The SMILES string of the molecule is CCOCCc1nc2c(C)cccc2[nH]1. The molecule has 0 aliphatic heterocycles. The zero-order valence-corrected chi connectivity index (χ0v) is 9.21. The van der Waals surface area contributed by atoms with Crippen molar-refractivity contribution in [3.05, 3.63) is 29.6 Å². The van der Waals surface area contributed by atoms with Gasteiger partial charge < -0.3 is 9.72 Å². The zero-order valence-electron chi connectivity index (χ0n) is 9.21. The van der Waals surface area contributed by atoms with Crippen molar-refractivity contribution < 1.29 is 4.74 Å². The molecule has 0 bridgehead atoms. The first-order valence-corrected chi connectivity index (χ1v) is 5.33. The van der Waals surface area contributed by atoms with Crippen LogP contribution in [-0.4, -0.2) is 23.2 Å². The van der Waals surface area contributed by atoms with Crippen LogP contribution >= 0.6 is 0 Å². The van der Waals surface area contributed by atoms with Gasteiger partial charge in [0, 0.05) is 13.0 Å². The average molecular weight is 204 g/mol. The molecule has 0 saturated carbocycles. The molecule has 3 heteroatoms. The van der Waals surface area contributed by atoms with E-state index in [1.54, 1.807) is 0 Å². The third-order valence-corrected chi connectivity index (χ3v) is 2.45. The Balaban J connectivity index is 2.20. The van der Waals surface area contributed by atoms with Gasteiger partial charge in [0.2, 0.25) is 0 Å². The highest BCUT2D eigenvalue weighted by Crippen LogP contribution is 2.15. The van der Waals surface area contributed by atoms with Gasteiger partial charge in [0.15, 0.2) is 0 Å². The van der Waals surface area contributed by atoms with Crippen LogP contribution in [-0.2, 0) is 11.2 Å². The van der Waals surface area contributed by atoms with Crippen LogP contribution in [0.2, 0.25) is 0 Å². The lowest BCUT2D eigenvalue weighted by Gasteiger charge is -1.96. The highest BCUT2D eigenvalue weighted by molar-refractivity contribution is 5.78. The molecular weight excluding hydrogens is 188 g/mol. The summed E-state index contributed by atoms with van der Waals surface area (Å²) in [4.78, 5) is 7.85. The minimum absolute atomic E-state index is 0.732. The van der Waals surface area contributed by atoms with Crippen molar-refractivity contribution in [2.45, 2.75) is 20.3 Å². The summed E-state index contributed by atoms with van der Waals surface area (Å²) < 4.78 is 5.30. The largest absolute Gasteiger partial charge is 0.381 e. The van der Waals surface area contributed by atoms with Gasteiger partial charge in [-0.1, -0.05) is 12.1 Å². The second kappa shape index (κ2) is 4.45. The molecule has 0 saturated heterocycles. The third-order valence-electron chi connectivity index (χ3n) is 2.45. The summed E-state index contributed by atoms with van der Waals surface area (Å²) in [6.07, 6.45) is 0.849. The van der Waals surface area contributed by atoms with E-state index < -0.39 is 0 Å². The topological polar surface area (TPSA) is 37.9 Å². The van der Waals surface area contributed by atoms with Gasteiger partial charge in [0.05, 0.1) is 17.6 Å². The van der Waals surface area contributed by atoms with E-state index in [1.165, 1.54) is 5.56 Å². The van der Waals surface area contributed by atoms with Gasteiger partial charge in [-0.25, -0.2) is 4.98 Å². The van der Waals surface area contributed by atoms with Crippen molar-refractivity contribution in [3.63, 3.8) is 0 Å². The number of aromatic amines is 1. The fraction of sp³-hybridized carbons (Fsp3) is 0.417. The monoisotopic (exact) mass is 204 g/mol. The predicted molar refractivity (Wildman–Crippen MR) is 61.0 cm³/mol. The predicted octanol–water partition coefficient (Wildman–Crippen LogP) is 2.45. The Bertz CT molecular complexity index is 448. The molecule has 1 N–H and O–H groups in total. The Labute approximate surface area is 89.5 Å². The smallest absolute Gasteiger partial charge is 0.109 e. The van der Waals surface area contributed by atoms with E-state index in [4.69, 9.17) is 4.74 Å². The lowest BCUT2D eigenvalue weighted by molar-refractivity contribution is 0.149. The van der Waals surface area contributed by atoms with E-state index in [1.807, 2.05) is 13.0 Å². The summed E-state index contributed by atoms with van der Waals surface area (Å²) in [6.45, 7) is 5.58. The average Bonchev–Trinajstić information content (AvgIpc) is 2.63. The maximum atomic E-state index is 5.30. The molecule has 3 nitrogen and oxygen atoms in total. The first-order chi connectivity index (χ1) is 7.31. The van der Waals surface area contributed by atoms with Gasteiger partial charge in [0.1, 0.15) is 5.82 Å². The quantitative estimate of drug-likeness (QED) is 0.777. The van der Waals surface area contributed by atoms with E-state index in [-0.39, 0.29) is 0 Å². The number of nitrogens with one attached hydrogen (secondary N) is 1. The highest BCUT2D eigenvalue weighted by atomic mass is 16.5. The standard InChI is InChI=1S/C12H16N2O/c1-3-15-8-7-11-13-10-6-4-5-9(2)12(10)14-11/h4-6H,3,7-8H2,1-2H3,(H,13,14). The third kappa shape index (κ3) is 2.18. The van der Waals surface area contributed by atoms with Crippen LogP contribution in [0.3, 0.4) is 0 Å². The number of aromatic nitrogens is 2. The number of hydrogen-bond acceptors (Lipinski definition) is 2. The maximum Gasteiger partial charge on any atom is 0.109 e. The van der Waals surface area contributed by atoms with E-state index in [9.17, 15) is 0 Å². The van der Waals surface area contributed by atoms with Crippen molar-refractivity contribution in [1.29, 1.82) is 0 Å². The minimum atomic E-state index is 0.732. The molecule has 1 aromatic heterocycles. The van der Waals surface area contributed by atoms with Crippen LogP contribution in [0.4, 0.5) is 0 Å².